The van der Waals surface area contributed by atoms with Crippen LogP contribution in [0.25, 0.3) is 10.9 Å². The van der Waals surface area contributed by atoms with Crippen LogP contribution in [0.4, 0.5) is 4.79 Å². The standard InChI is InChI=1S/C19H22N4O2S/c1-25-15-5-6-16-13(11-15)10-14(22-16)12-21-19(24)23-8-3-2-4-17(23)18-20-7-9-26-18/h5-7,9-11,17,22H,2-4,8,12H2,1H3,(H,21,24)/t17-/m0/s1. The summed E-state index contributed by atoms with van der Waals surface area (Å²) in [4.78, 5) is 22.4. The number of rotatable bonds is 4. The molecule has 136 valence electrons. The van der Waals surface area contributed by atoms with Gasteiger partial charge in [-0.15, -0.1) is 11.3 Å². The zero-order valence-electron chi connectivity index (χ0n) is 14.7. The Kier molecular flexibility index (Phi) is 4.79. The Morgan fingerprint density at radius 3 is 3.15 bits per heavy atom. The van der Waals surface area contributed by atoms with Gasteiger partial charge < -0.3 is 19.9 Å². The lowest BCUT2D eigenvalue weighted by atomic mass is 10.0. The van der Waals surface area contributed by atoms with Gasteiger partial charge in [0.25, 0.3) is 0 Å². The number of carbonyl (C=O) groups is 1. The fraction of sp³-hybridized carbons (Fsp3) is 0.368. The highest BCUT2D eigenvalue weighted by Gasteiger charge is 2.29. The normalized spacial score (nSPS) is 17.4. The monoisotopic (exact) mass is 370 g/mol. The van der Waals surface area contributed by atoms with Gasteiger partial charge in [0.15, 0.2) is 0 Å². The molecule has 2 N–H and O–H groups in total. The Hall–Kier alpha value is -2.54. The number of amides is 2. The zero-order valence-corrected chi connectivity index (χ0v) is 15.5. The summed E-state index contributed by atoms with van der Waals surface area (Å²) < 4.78 is 5.26. The number of hydrogen-bond donors (Lipinski definition) is 2. The van der Waals surface area contributed by atoms with Crippen molar-refractivity contribution < 1.29 is 9.53 Å². The molecular weight excluding hydrogens is 348 g/mol. The average Bonchev–Trinajstić information content (AvgIpc) is 3.34. The summed E-state index contributed by atoms with van der Waals surface area (Å²) in [5, 5.41) is 7.12. The van der Waals surface area contributed by atoms with Crippen LogP contribution in [0.3, 0.4) is 0 Å². The number of nitrogens with zero attached hydrogens (tertiary/aromatic N) is 2. The number of thiazole rings is 1. The predicted octanol–water partition coefficient (Wildman–Crippen LogP) is 4.07. The van der Waals surface area contributed by atoms with E-state index in [0.717, 1.165) is 53.2 Å². The minimum absolute atomic E-state index is 0.0267. The number of fused-ring (bicyclic) bond motifs is 1. The summed E-state index contributed by atoms with van der Waals surface area (Å²) >= 11 is 1.62. The van der Waals surface area contributed by atoms with Crippen LogP contribution in [0, 0.1) is 0 Å². The van der Waals surface area contributed by atoms with Crippen LogP contribution in [0.15, 0.2) is 35.8 Å². The van der Waals surface area contributed by atoms with Crippen molar-refractivity contribution in [1.82, 2.24) is 20.2 Å². The van der Waals surface area contributed by atoms with E-state index in [2.05, 4.69) is 15.3 Å². The molecule has 0 spiro atoms. The summed E-state index contributed by atoms with van der Waals surface area (Å²) in [6.07, 6.45) is 4.97. The van der Waals surface area contributed by atoms with Gasteiger partial charge in [0.1, 0.15) is 10.8 Å². The van der Waals surface area contributed by atoms with Gasteiger partial charge >= 0.3 is 6.03 Å². The number of H-pyrrole nitrogens is 1. The first-order chi connectivity index (χ1) is 12.7. The summed E-state index contributed by atoms with van der Waals surface area (Å²) in [5.74, 6) is 0.826. The summed E-state index contributed by atoms with van der Waals surface area (Å²) in [6.45, 7) is 1.25. The van der Waals surface area contributed by atoms with Crippen LogP contribution in [0.2, 0.25) is 0 Å². The average molecular weight is 370 g/mol. The highest BCUT2D eigenvalue weighted by atomic mass is 32.1. The van der Waals surface area contributed by atoms with Gasteiger partial charge in [-0.3, -0.25) is 0 Å². The second kappa shape index (κ2) is 7.37. The number of urea groups is 1. The maximum Gasteiger partial charge on any atom is 0.318 e. The molecule has 6 nitrogen and oxygen atoms in total. The molecule has 3 aromatic rings. The third-order valence-electron chi connectivity index (χ3n) is 4.81. The molecule has 2 aromatic heterocycles. The second-order valence-electron chi connectivity index (χ2n) is 6.48. The lowest BCUT2D eigenvalue weighted by Crippen LogP contribution is -2.44. The Labute approximate surface area is 156 Å². The van der Waals surface area contributed by atoms with Crippen LogP contribution in [-0.2, 0) is 6.54 Å². The van der Waals surface area contributed by atoms with Crippen molar-refractivity contribution in [3.63, 3.8) is 0 Å². The molecule has 1 saturated heterocycles. The smallest absolute Gasteiger partial charge is 0.318 e. The van der Waals surface area contributed by atoms with E-state index in [4.69, 9.17) is 4.74 Å². The fourth-order valence-electron chi connectivity index (χ4n) is 3.50. The van der Waals surface area contributed by atoms with Gasteiger partial charge in [0.2, 0.25) is 0 Å². The molecule has 7 heteroatoms. The number of hydrogen-bond acceptors (Lipinski definition) is 4. The number of aromatic nitrogens is 2. The number of nitrogens with one attached hydrogen (secondary N) is 2. The van der Waals surface area contributed by atoms with E-state index in [0.29, 0.717) is 6.54 Å². The van der Waals surface area contributed by atoms with Gasteiger partial charge in [0.05, 0.1) is 19.7 Å². The Morgan fingerprint density at radius 2 is 2.35 bits per heavy atom. The molecule has 1 aliphatic rings. The fourth-order valence-corrected chi connectivity index (χ4v) is 4.28. The van der Waals surface area contributed by atoms with Crippen molar-refractivity contribution in [3.05, 3.63) is 46.5 Å². The topological polar surface area (TPSA) is 70.2 Å². The molecule has 1 fully saturated rings. The zero-order chi connectivity index (χ0) is 17.9. The number of ether oxygens (including phenoxy) is 1. The van der Waals surface area contributed by atoms with E-state index < -0.39 is 0 Å². The van der Waals surface area contributed by atoms with Crippen LogP contribution < -0.4 is 10.1 Å². The number of aromatic amines is 1. The van der Waals surface area contributed by atoms with E-state index in [1.54, 1.807) is 18.4 Å². The quantitative estimate of drug-likeness (QED) is 0.727. The maximum atomic E-state index is 12.8. The molecule has 0 bridgehead atoms. The molecule has 2 amide bonds. The van der Waals surface area contributed by atoms with Gasteiger partial charge in [-0.2, -0.15) is 0 Å². The number of methoxy groups -OCH3 is 1. The van der Waals surface area contributed by atoms with Gasteiger partial charge in [-0.25, -0.2) is 9.78 Å². The Morgan fingerprint density at radius 1 is 1.42 bits per heavy atom. The second-order valence-corrected chi connectivity index (χ2v) is 7.41. The number of benzene rings is 1. The molecule has 0 saturated carbocycles. The van der Waals surface area contributed by atoms with E-state index >= 15 is 0 Å². The number of carbonyl (C=O) groups excluding carboxylic acids is 1. The lowest BCUT2D eigenvalue weighted by Gasteiger charge is -2.34. The van der Waals surface area contributed by atoms with E-state index in [-0.39, 0.29) is 12.1 Å². The molecule has 0 unspecified atom stereocenters. The number of likely N-dealkylation sites (tertiary alicyclic amines) is 1. The van der Waals surface area contributed by atoms with Crippen LogP contribution >= 0.6 is 11.3 Å². The largest absolute Gasteiger partial charge is 0.497 e. The van der Waals surface area contributed by atoms with Crippen molar-refractivity contribution in [2.24, 2.45) is 0 Å². The first-order valence-corrected chi connectivity index (χ1v) is 9.72. The first kappa shape index (κ1) is 16.9. The Balaban J connectivity index is 1.44. The summed E-state index contributed by atoms with van der Waals surface area (Å²) in [6, 6.07) is 8.01. The van der Waals surface area contributed by atoms with Crippen molar-refractivity contribution in [2.45, 2.75) is 31.8 Å². The summed E-state index contributed by atoms with van der Waals surface area (Å²) in [7, 11) is 1.66. The lowest BCUT2D eigenvalue weighted by molar-refractivity contribution is 0.151. The maximum absolute atomic E-state index is 12.8. The third-order valence-corrected chi connectivity index (χ3v) is 5.69. The van der Waals surface area contributed by atoms with E-state index in [1.807, 2.05) is 40.7 Å². The molecule has 0 aliphatic carbocycles. The van der Waals surface area contributed by atoms with Crippen LogP contribution in [0.5, 0.6) is 5.75 Å². The van der Waals surface area contributed by atoms with Crippen molar-refractivity contribution in [1.29, 1.82) is 0 Å². The van der Waals surface area contributed by atoms with Crippen molar-refractivity contribution >= 4 is 28.3 Å². The molecule has 1 aromatic carbocycles. The molecular formula is C19H22N4O2S. The first-order valence-electron chi connectivity index (χ1n) is 8.84. The molecule has 4 rings (SSSR count). The van der Waals surface area contributed by atoms with E-state index in [9.17, 15) is 4.79 Å². The van der Waals surface area contributed by atoms with Crippen LogP contribution in [-0.4, -0.2) is 34.6 Å². The highest BCUT2D eigenvalue weighted by Crippen LogP contribution is 2.32. The summed E-state index contributed by atoms with van der Waals surface area (Å²) in [5.41, 5.74) is 2.01. The van der Waals surface area contributed by atoms with Gasteiger partial charge in [-0.1, -0.05) is 0 Å². The van der Waals surface area contributed by atoms with Gasteiger partial charge in [-0.05, 0) is 43.5 Å². The van der Waals surface area contributed by atoms with Gasteiger partial charge in [0, 0.05) is 34.7 Å². The van der Waals surface area contributed by atoms with Crippen molar-refractivity contribution in [3.8, 4) is 5.75 Å². The Bertz CT molecular complexity index is 890. The molecule has 26 heavy (non-hydrogen) atoms. The van der Waals surface area contributed by atoms with E-state index in [1.165, 1.54) is 0 Å². The molecule has 0 radical (unpaired) electrons. The highest BCUT2D eigenvalue weighted by molar-refractivity contribution is 7.09. The van der Waals surface area contributed by atoms with Crippen LogP contribution in [0.1, 0.15) is 36.0 Å². The van der Waals surface area contributed by atoms with Crippen molar-refractivity contribution in [2.75, 3.05) is 13.7 Å². The predicted molar refractivity (Wildman–Crippen MR) is 102 cm³/mol. The molecule has 3 heterocycles. The molecule has 1 atom stereocenters. The SMILES string of the molecule is COc1ccc2[nH]c(CNC(=O)N3CCCC[C@H]3c3nccs3)cc2c1. The minimum Gasteiger partial charge on any atom is -0.497 e. The third kappa shape index (κ3) is 3.39. The molecule has 1 aliphatic heterocycles. The minimum atomic E-state index is -0.0267. The number of piperidine rings is 1.